The number of unbranched alkanes of at least 4 members (excludes halogenated alkanes) is 22. The fourth-order valence-corrected chi connectivity index (χ4v) is 8.78. The Hall–Kier alpha value is -4.97. The van der Waals surface area contributed by atoms with Crippen LogP contribution in [0.4, 0.5) is 0 Å². The molecule has 6 heteroatoms. The fraction of sp³-hybridized carbons (Fsp3) is 0.618. The minimum atomic E-state index is -0.816. The summed E-state index contributed by atoms with van der Waals surface area (Å²) in [5.41, 5.74) is 0. The lowest BCUT2D eigenvalue weighted by Gasteiger charge is -2.18. The number of ether oxygens (including phenoxy) is 3. The summed E-state index contributed by atoms with van der Waals surface area (Å²) in [7, 11) is 0. The summed E-state index contributed by atoms with van der Waals surface area (Å²) in [4.78, 5) is 38.4. The number of carbonyl (C=O) groups excluding carboxylic acids is 3. The number of hydrogen-bond donors (Lipinski definition) is 0. The van der Waals surface area contributed by atoms with Crippen LogP contribution in [-0.2, 0) is 28.6 Å². The highest BCUT2D eigenvalue weighted by Crippen LogP contribution is 2.15. The molecule has 462 valence electrons. The minimum Gasteiger partial charge on any atom is -0.462 e. The molecular weight excluding hydrogens is 1010 g/mol. The third-order valence-corrected chi connectivity index (χ3v) is 13.7. The molecule has 0 spiro atoms. The Morgan fingerprint density at radius 1 is 0.256 bits per heavy atom. The summed E-state index contributed by atoms with van der Waals surface area (Å²) >= 11 is 0. The second-order valence-corrected chi connectivity index (χ2v) is 21.6. The predicted octanol–water partition coefficient (Wildman–Crippen LogP) is 23.3. The smallest absolute Gasteiger partial charge is 0.306 e. The first-order valence-electron chi connectivity index (χ1n) is 33.5. The van der Waals surface area contributed by atoms with Crippen molar-refractivity contribution in [1.82, 2.24) is 0 Å². The van der Waals surface area contributed by atoms with E-state index in [-0.39, 0.29) is 37.5 Å². The highest BCUT2D eigenvalue weighted by molar-refractivity contribution is 5.71. The van der Waals surface area contributed by atoms with E-state index in [0.29, 0.717) is 19.3 Å². The summed E-state index contributed by atoms with van der Waals surface area (Å²) in [6.45, 7) is 6.33. The molecule has 0 heterocycles. The van der Waals surface area contributed by atoms with Gasteiger partial charge in [-0.15, -0.1) is 0 Å². The molecule has 0 aromatic heterocycles. The van der Waals surface area contributed by atoms with Gasteiger partial charge in [0.1, 0.15) is 13.2 Å². The molecule has 0 aromatic rings. The van der Waals surface area contributed by atoms with Gasteiger partial charge in [-0.2, -0.15) is 0 Å². The van der Waals surface area contributed by atoms with Gasteiger partial charge in [-0.05, 0) is 141 Å². The molecule has 0 aliphatic carbocycles. The predicted molar refractivity (Wildman–Crippen MR) is 357 cm³/mol. The average molecular weight is 1130 g/mol. The van der Waals surface area contributed by atoms with Crippen molar-refractivity contribution >= 4 is 17.9 Å². The first-order chi connectivity index (χ1) is 40.5. The van der Waals surface area contributed by atoms with Crippen molar-refractivity contribution in [2.75, 3.05) is 13.2 Å². The highest BCUT2D eigenvalue weighted by Gasteiger charge is 2.19. The minimum absolute atomic E-state index is 0.106. The molecule has 0 aliphatic heterocycles. The van der Waals surface area contributed by atoms with Crippen LogP contribution in [0.15, 0.2) is 158 Å². The fourth-order valence-electron chi connectivity index (χ4n) is 8.78. The van der Waals surface area contributed by atoms with Gasteiger partial charge in [-0.3, -0.25) is 14.4 Å². The van der Waals surface area contributed by atoms with E-state index in [9.17, 15) is 14.4 Å². The lowest BCUT2D eigenvalue weighted by Crippen LogP contribution is -2.30. The molecule has 0 N–H and O–H groups in total. The molecule has 0 fully saturated rings. The number of allylic oxidation sites excluding steroid dienone is 26. The Balaban J connectivity index is 4.39. The van der Waals surface area contributed by atoms with Crippen molar-refractivity contribution in [3.8, 4) is 0 Å². The van der Waals surface area contributed by atoms with Gasteiger partial charge in [0, 0.05) is 19.3 Å². The molecule has 6 nitrogen and oxygen atoms in total. The largest absolute Gasteiger partial charge is 0.462 e. The van der Waals surface area contributed by atoms with Crippen LogP contribution in [0.5, 0.6) is 0 Å². The van der Waals surface area contributed by atoms with Crippen LogP contribution in [0.2, 0.25) is 0 Å². The maximum Gasteiger partial charge on any atom is 0.306 e. The van der Waals surface area contributed by atoms with Crippen LogP contribution < -0.4 is 0 Å². The van der Waals surface area contributed by atoms with Gasteiger partial charge in [0.15, 0.2) is 6.10 Å². The zero-order valence-electron chi connectivity index (χ0n) is 52.9. The summed E-state index contributed by atoms with van der Waals surface area (Å²) in [6.07, 6.45) is 99.7. The van der Waals surface area contributed by atoms with Crippen molar-refractivity contribution in [2.24, 2.45) is 0 Å². The van der Waals surface area contributed by atoms with Gasteiger partial charge in [0.05, 0.1) is 0 Å². The van der Waals surface area contributed by atoms with Crippen molar-refractivity contribution in [3.63, 3.8) is 0 Å². The SMILES string of the molecule is CC/C=C\C/C=C\C/C=C\C/C=C\C/C=C\C/C=C\CCCCC(=O)OC(COC(=O)CCCCCCC/C=C\C/C=C\CCCC)COC(=O)CCCCCCCCCCCCCCC/C=C\C/C=C\C/C=C\C/C=C\C/C=C\CC. The summed E-state index contributed by atoms with van der Waals surface area (Å²) < 4.78 is 16.9. The van der Waals surface area contributed by atoms with Crippen molar-refractivity contribution in [1.29, 1.82) is 0 Å². The van der Waals surface area contributed by atoms with Gasteiger partial charge in [-0.25, -0.2) is 0 Å². The molecule has 0 saturated heterocycles. The Morgan fingerprint density at radius 2 is 0.476 bits per heavy atom. The van der Waals surface area contributed by atoms with E-state index in [0.717, 1.165) is 148 Å². The number of carbonyl (C=O) groups is 3. The molecule has 0 saturated carbocycles. The summed E-state index contributed by atoms with van der Waals surface area (Å²) in [5, 5.41) is 0. The lowest BCUT2D eigenvalue weighted by atomic mass is 10.0. The highest BCUT2D eigenvalue weighted by atomic mass is 16.6. The van der Waals surface area contributed by atoms with E-state index in [1.54, 1.807) is 0 Å². The standard InChI is InChI=1S/C76H122O6/c1-4-7-10-13-16-19-22-25-28-30-32-34-35-36-37-38-39-40-41-43-44-46-48-51-54-57-60-63-66-69-75(78)81-72-73(71-80-74(77)68-65-62-59-56-53-50-27-24-21-18-15-12-9-6-3)82-76(79)70-67-64-61-58-55-52-49-47-45-42-33-31-29-26-23-20-17-14-11-8-5-2/h7-8,10-11,15-20,24-29,32-34,36-37,42,47,49,55,58,73H,4-6,9,12-14,21-23,30-31,35,38-41,43-46,48,50-54,56-57,59-72H2,1-3H3/b10-7-,11-8-,18-15-,19-16-,20-17-,27-24-,28-25-,29-26-,34-32-,37-36-,42-33-,49-47-,58-55-. The molecule has 0 radical (unpaired) electrons. The van der Waals surface area contributed by atoms with Gasteiger partial charge < -0.3 is 14.2 Å². The summed E-state index contributed by atoms with van der Waals surface area (Å²) in [5.74, 6) is -0.965. The maximum atomic E-state index is 12.9. The van der Waals surface area contributed by atoms with Crippen LogP contribution in [0.1, 0.15) is 284 Å². The van der Waals surface area contributed by atoms with Gasteiger partial charge in [-0.1, -0.05) is 281 Å². The second kappa shape index (κ2) is 68.5. The Labute approximate surface area is 505 Å². The van der Waals surface area contributed by atoms with Gasteiger partial charge >= 0.3 is 17.9 Å². The van der Waals surface area contributed by atoms with Crippen molar-refractivity contribution in [2.45, 2.75) is 290 Å². The average Bonchev–Trinajstić information content (AvgIpc) is 3.47. The van der Waals surface area contributed by atoms with E-state index in [1.165, 1.54) is 89.9 Å². The number of hydrogen-bond acceptors (Lipinski definition) is 6. The second-order valence-electron chi connectivity index (χ2n) is 21.6. The van der Waals surface area contributed by atoms with Crippen molar-refractivity contribution in [3.05, 3.63) is 158 Å². The van der Waals surface area contributed by atoms with E-state index in [1.807, 2.05) is 0 Å². The monoisotopic (exact) mass is 1130 g/mol. The van der Waals surface area contributed by atoms with E-state index in [2.05, 4.69) is 179 Å². The third-order valence-electron chi connectivity index (χ3n) is 13.7. The molecule has 1 unspecified atom stereocenters. The number of esters is 3. The van der Waals surface area contributed by atoms with Crippen LogP contribution in [-0.4, -0.2) is 37.2 Å². The Morgan fingerprint density at radius 3 is 0.768 bits per heavy atom. The van der Waals surface area contributed by atoms with Crippen molar-refractivity contribution < 1.29 is 28.6 Å². The normalized spacial score (nSPS) is 13.2. The Kier molecular flexibility index (Phi) is 64.4. The molecule has 1 atom stereocenters. The van der Waals surface area contributed by atoms with E-state index >= 15 is 0 Å². The topological polar surface area (TPSA) is 78.9 Å². The zero-order valence-corrected chi connectivity index (χ0v) is 52.9. The van der Waals surface area contributed by atoms with Gasteiger partial charge in [0.2, 0.25) is 0 Å². The molecule has 0 aromatic carbocycles. The quantitative estimate of drug-likeness (QED) is 0.0261. The van der Waals surface area contributed by atoms with Gasteiger partial charge in [0.25, 0.3) is 0 Å². The van der Waals surface area contributed by atoms with Crippen LogP contribution in [0.25, 0.3) is 0 Å². The first-order valence-corrected chi connectivity index (χ1v) is 33.5. The van der Waals surface area contributed by atoms with Crippen LogP contribution in [0, 0.1) is 0 Å². The number of rotatable bonds is 59. The molecule has 0 amide bonds. The van der Waals surface area contributed by atoms with Crippen LogP contribution in [0.3, 0.4) is 0 Å². The maximum absolute atomic E-state index is 12.9. The molecular formula is C76H122O6. The Bertz CT molecular complexity index is 1830. The summed E-state index contributed by atoms with van der Waals surface area (Å²) in [6, 6.07) is 0. The van der Waals surface area contributed by atoms with E-state index in [4.69, 9.17) is 14.2 Å². The molecule has 82 heavy (non-hydrogen) atoms. The molecule has 0 rings (SSSR count). The first kappa shape index (κ1) is 77.0. The lowest BCUT2D eigenvalue weighted by molar-refractivity contribution is -0.167. The zero-order chi connectivity index (χ0) is 59.2. The van der Waals surface area contributed by atoms with Crippen LogP contribution >= 0.6 is 0 Å². The molecule has 0 bridgehead atoms. The molecule has 0 aliphatic rings. The van der Waals surface area contributed by atoms with E-state index < -0.39 is 6.10 Å². The third kappa shape index (κ3) is 65.8.